The second kappa shape index (κ2) is 9.53. The smallest absolute Gasteiger partial charge is 0.114 e. The second-order valence-electron chi connectivity index (χ2n) is 9.36. The molecule has 0 saturated heterocycles. The Bertz CT molecular complexity index is 1440. The number of aromatic amines is 2. The first-order valence-electron chi connectivity index (χ1n) is 12.6. The van der Waals surface area contributed by atoms with E-state index in [0.29, 0.717) is 0 Å². The molecule has 182 valence electrons. The predicted molar refractivity (Wildman–Crippen MR) is 146 cm³/mol. The topological polar surface area (TPSA) is 83.1 Å². The summed E-state index contributed by atoms with van der Waals surface area (Å²) in [5.41, 5.74) is 14.6. The fourth-order valence-electron chi connectivity index (χ4n) is 4.89. The number of nitrogens with zero attached hydrogens (tertiary/aromatic N) is 4. The van der Waals surface area contributed by atoms with Gasteiger partial charge in [0.2, 0.25) is 0 Å². The van der Waals surface area contributed by atoms with Crippen molar-refractivity contribution in [2.75, 3.05) is 0 Å². The van der Waals surface area contributed by atoms with E-state index < -0.39 is 0 Å². The number of benzene rings is 1. The molecule has 2 N–H and O–H groups in total. The molecule has 0 aliphatic rings. The molecule has 5 rings (SSSR count). The van der Waals surface area contributed by atoms with E-state index in [1.165, 1.54) is 11.1 Å². The van der Waals surface area contributed by atoms with Crippen LogP contribution in [0.4, 0.5) is 0 Å². The average molecular weight is 477 g/mol. The van der Waals surface area contributed by atoms with E-state index >= 15 is 0 Å². The van der Waals surface area contributed by atoms with Crippen LogP contribution in [0.2, 0.25) is 0 Å². The number of pyridine rings is 2. The Morgan fingerprint density at radius 3 is 1.39 bits per heavy atom. The van der Waals surface area contributed by atoms with Crippen LogP contribution >= 0.6 is 0 Å². The van der Waals surface area contributed by atoms with Gasteiger partial charge in [0.15, 0.2) is 0 Å². The van der Waals surface area contributed by atoms with Gasteiger partial charge in [-0.1, -0.05) is 32.0 Å². The summed E-state index contributed by atoms with van der Waals surface area (Å²) in [4.78, 5) is 10.0. The highest BCUT2D eigenvalue weighted by molar-refractivity contribution is 5.77. The summed E-state index contributed by atoms with van der Waals surface area (Å²) in [7, 11) is 0. The molecule has 0 fully saturated rings. The van der Waals surface area contributed by atoms with Gasteiger partial charge in [-0.05, 0) is 93.1 Å². The summed E-state index contributed by atoms with van der Waals surface area (Å²) in [6.07, 6.45) is 1.84. The predicted octanol–water partition coefficient (Wildman–Crippen LogP) is 6.95. The third-order valence-corrected chi connectivity index (χ3v) is 7.03. The van der Waals surface area contributed by atoms with E-state index in [4.69, 9.17) is 9.97 Å². The van der Waals surface area contributed by atoms with Gasteiger partial charge in [0.05, 0.1) is 22.8 Å². The van der Waals surface area contributed by atoms with Crippen molar-refractivity contribution < 1.29 is 0 Å². The van der Waals surface area contributed by atoms with Gasteiger partial charge < -0.3 is 0 Å². The Labute approximate surface area is 212 Å². The van der Waals surface area contributed by atoms with Crippen molar-refractivity contribution in [1.29, 1.82) is 0 Å². The molecule has 0 amide bonds. The van der Waals surface area contributed by atoms with E-state index in [1.807, 2.05) is 12.1 Å². The fraction of sp³-hybridized carbons (Fsp3) is 0.267. The molecule has 0 aliphatic heterocycles. The maximum absolute atomic E-state index is 5.02. The first-order chi connectivity index (χ1) is 17.4. The van der Waals surface area contributed by atoms with Gasteiger partial charge in [-0.2, -0.15) is 10.2 Å². The van der Waals surface area contributed by atoms with Crippen LogP contribution in [0.15, 0.2) is 48.5 Å². The van der Waals surface area contributed by atoms with Crippen molar-refractivity contribution >= 4 is 0 Å². The van der Waals surface area contributed by atoms with Crippen LogP contribution in [0.5, 0.6) is 0 Å². The van der Waals surface area contributed by atoms with Crippen molar-refractivity contribution in [3.8, 4) is 45.3 Å². The van der Waals surface area contributed by atoms with Crippen molar-refractivity contribution in [3.63, 3.8) is 0 Å². The number of rotatable bonds is 6. The fourth-order valence-corrected chi connectivity index (χ4v) is 4.89. The van der Waals surface area contributed by atoms with Crippen molar-refractivity contribution in [3.05, 3.63) is 82.2 Å². The molecule has 0 spiro atoms. The highest BCUT2D eigenvalue weighted by atomic mass is 15.1. The molecule has 4 heterocycles. The van der Waals surface area contributed by atoms with Crippen molar-refractivity contribution in [2.24, 2.45) is 0 Å². The molecule has 0 unspecified atom stereocenters. The van der Waals surface area contributed by atoms with Crippen LogP contribution < -0.4 is 0 Å². The van der Waals surface area contributed by atoms with Crippen molar-refractivity contribution in [2.45, 2.75) is 54.4 Å². The molecule has 0 aliphatic carbocycles. The molecular weight excluding hydrogens is 444 g/mol. The Kier molecular flexibility index (Phi) is 6.27. The molecule has 0 bridgehead atoms. The second-order valence-corrected chi connectivity index (χ2v) is 9.36. The number of aromatic nitrogens is 6. The normalized spacial score (nSPS) is 11.3. The van der Waals surface area contributed by atoms with Gasteiger partial charge in [0.1, 0.15) is 11.4 Å². The minimum absolute atomic E-state index is 0.878. The van der Waals surface area contributed by atoms with Crippen LogP contribution in [-0.2, 0) is 12.8 Å². The SMILES string of the molecule is CCc1[nH]nc(-c2cccc(-c3cc(-c4cccc(-c5n[nH]c(CC)c5C)n4)c(C)cc3C)n2)c1C. The lowest BCUT2D eigenvalue weighted by molar-refractivity contribution is 0.969. The number of hydrogen-bond acceptors (Lipinski definition) is 4. The van der Waals surface area contributed by atoms with E-state index in [9.17, 15) is 0 Å². The van der Waals surface area contributed by atoms with Crippen LogP contribution in [0, 0.1) is 27.7 Å². The average Bonchev–Trinajstić information content (AvgIpc) is 3.45. The molecule has 6 nitrogen and oxygen atoms in total. The number of hydrogen-bond donors (Lipinski definition) is 2. The number of nitrogens with one attached hydrogen (secondary N) is 2. The zero-order valence-corrected chi connectivity index (χ0v) is 21.8. The Hall–Kier alpha value is -4.06. The molecule has 0 saturated carbocycles. The zero-order chi connectivity index (χ0) is 25.4. The zero-order valence-electron chi connectivity index (χ0n) is 21.8. The van der Waals surface area contributed by atoms with Gasteiger partial charge in [0.25, 0.3) is 0 Å². The summed E-state index contributed by atoms with van der Waals surface area (Å²) < 4.78 is 0. The molecule has 5 aromatic rings. The molecule has 1 aromatic carbocycles. The Morgan fingerprint density at radius 1 is 0.583 bits per heavy atom. The highest BCUT2D eigenvalue weighted by Crippen LogP contribution is 2.33. The summed E-state index contributed by atoms with van der Waals surface area (Å²) in [6, 6.07) is 16.7. The van der Waals surface area contributed by atoms with Gasteiger partial charge in [-0.25, -0.2) is 9.97 Å². The van der Waals surface area contributed by atoms with Crippen LogP contribution in [-0.4, -0.2) is 30.4 Å². The molecule has 0 atom stereocenters. The lowest BCUT2D eigenvalue weighted by Crippen LogP contribution is -1.96. The summed E-state index contributed by atoms with van der Waals surface area (Å²) in [6.45, 7) is 12.7. The third kappa shape index (κ3) is 4.13. The van der Waals surface area contributed by atoms with Gasteiger partial charge in [-0.3, -0.25) is 10.2 Å². The van der Waals surface area contributed by atoms with E-state index in [0.717, 1.165) is 80.6 Å². The maximum Gasteiger partial charge on any atom is 0.114 e. The molecule has 0 radical (unpaired) electrons. The van der Waals surface area contributed by atoms with Crippen LogP contribution in [0.25, 0.3) is 45.3 Å². The monoisotopic (exact) mass is 476 g/mol. The minimum atomic E-state index is 0.878. The van der Waals surface area contributed by atoms with Crippen LogP contribution in [0.1, 0.15) is 47.5 Å². The summed E-state index contributed by atoms with van der Waals surface area (Å²) in [5, 5.41) is 15.4. The molecular formula is C30H32N6. The Morgan fingerprint density at radius 2 is 1.00 bits per heavy atom. The maximum atomic E-state index is 5.02. The highest BCUT2D eigenvalue weighted by Gasteiger charge is 2.16. The largest absolute Gasteiger partial charge is 0.282 e. The summed E-state index contributed by atoms with van der Waals surface area (Å²) >= 11 is 0. The molecule has 36 heavy (non-hydrogen) atoms. The van der Waals surface area contributed by atoms with Crippen LogP contribution in [0.3, 0.4) is 0 Å². The number of H-pyrrole nitrogens is 2. The summed E-state index contributed by atoms with van der Waals surface area (Å²) in [5.74, 6) is 0. The van der Waals surface area contributed by atoms with Gasteiger partial charge in [0, 0.05) is 22.5 Å². The first-order valence-corrected chi connectivity index (χ1v) is 12.6. The molecule has 4 aromatic heterocycles. The minimum Gasteiger partial charge on any atom is -0.282 e. The van der Waals surface area contributed by atoms with E-state index in [2.05, 4.69) is 98.3 Å². The first kappa shape index (κ1) is 23.7. The quantitative estimate of drug-likeness (QED) is 0.278. The van der Waals surface area contributed by atoms with Gasteiger partial charge >= 0.3 is 0 Å². The van der Waals surface area contributed by atoms with E-state index in [-0.39, 0.29) is 0 Å². The van der Waals surface area contributed by atoms with Gasteiger partial charge in [-0.15, -0.1) is 0 Å². The molecule has 6 heteroatoms. The third-order valence-electron chi connectivity index (χ3n) is 7.03. The lowest BCUT2D eigenvalue weighted by atomic mass is 9.95. The Balaban J connectivity index is 1.58. The van der Waals surface area contributed by atoms with E-state index in [1.54, 1.807) is 0 Å². The number of aryl methyl sites for hydroxylation is 4. The van der Waals surface area contributed by atoms with Crippen molar-refractivity contribution in [1.82, 2.24) is 30.4 Å². The lowest BCUT2D eigenvalue weighted by Gasteiger charge is -2.13. The standard InChI is InChI=1S/C30H32N6/c1-7-23-19(5)29(35-33-23)27-13-9-11-25(31-27)21-16-22(18(4)15-17(21)3)26-12-10-14-28(32-26)30-20(6)24(8-2)34-36-30/h9-16H,7-8H2,1-6H3,(H,33,35)(H,34,36).